The topological polar surface area (TPSA) is 101 Å². The van der Waals surface area contributed by atoms with E-state index in [1.165, 1.54) is 17.1 Å². The predicted molar refractivity (Wildman–Crippen MR) is 82.0 cm³/mol. The third-order valence-corrected chi connectivity index (χ3v) is 3.41. The number of hydrogen-bond acceptors (Lipinski definition) is 5. The monoisotopic (exact) mass is 307 g/mol. The van der Waals surface area contributed by atoms with Crippen molar-refractivity contribution in [1.29, 1.82) is 5.26 Å². The molecule has 1 amide bonds. The van der Waals surface area contributed by atoms with E-state index in [0.717, 1.165) is 0 Å². The molecular weight excluding hydrogens is 294 g/mol. The number of aryl methyl sites for hydroxylation is 1. The quantitative estimate of drug-likeness (QED) is 0.788. The maximum atomic E-state index is 12.5. The van der Waals surface area contributed by atoms with Gasteiger partial charge in [-0.25, -0.2) is 9.67 Å². The van der Waals surface area contributed by atoms with Crippen LogP contribution in [0.3, 0.4) is 0 Å². The molecule has 0 fully saturated rings. The molecule has 0 aromatic carbocycles. The SMILES string of the molecule is Cc1c(C(=O)Nc2c(C#N)cnn2C)cnn1-c1ccccn1. The molecule has 0 saturated heterocycles. The normalized spacial score (nSPS) is 10.3. The minimum absolute atomic E-state index is 0.302. The molecular formula is C15H13N7O. The summed E-state index contributed by atoms with van der Waals surface area (Å²) in [7, 11) is 1.65. The van der Waals surface area contributed by atoms with Crippen molar-refractivity contribution in [2.24, 2.45) is 7.05 Å². The fraction of sp³-hybridized carbons (Fsp3) is 0.133. The lowest BCUT2D eigenvalue weighted by atomic mass is 10.2. The highest BCUT2D eigenvalue weighted by atomic mass is 16.1. The molecule has 8 heteroatoms. The summed E-state index contributed by atoms with van der Waals surface area (Å²) < 4.78 is 3.03. The van der Waals surface area contributed by atoms with E-state index in [1.54, 1.807) is 30.9 Å². The van der Waals surface area contributed by atoms with E-state index >= 15 is 0 Å². The molecule has 3 aromatic heterocycles. The van der Waals surface area contributed by atoms with Crippen molar-refractivity contribution in [3.63, 3.8) is 0 Å². The number of carbonyl (C=O) groups is 1. The molecule has 0 aliphatic carbocycles. The molecule has 3 rings (SSSR count). The van der Waals surface area contributed by atoms with Gasteiger partial charge in [-0.05, 0) is 19.1 Å². The minimum atomic E-state index is -0.357. The molecule has 0 aliphatic rings. The fourth-order valence-electron chi connectivity index (χ4n) is 2.18. The zero-order valence-electron chi connectivity index (χ0n) is 12.6. The van der Waals surface area contributed by atoms with Crippen LogP contribution in [0.25, 0.3) is 5.82 Å². The first kappa shape index (κ1) is 14.5. The number of rotatable bonds is 3. The van der Waals surface area contributed by atoms with Crippen LogP contribution in [0.2, 0.25) is 0 Å². The molecule has 3 heterocycles. The summed E-state index contributed by atoms with van der Waals surface area (Å²) in [4.78, 5) is 16.7. The molecule has 0 bridgehead atoms. The second-order valence-electron chi connectivity index (χ2n) is 4.84. The van der Waals surface area contributed by atoms with Crippen LogP contribution in [0.1, 0.15) is 21.6 Å². The molecule has 0 aliphatic heterocycles. The Hall–Kier alpha value is -3.47. The highest BCUT2D eigenvalue weighted by Gasteiger charge is 2.18. The number of amides is 1. The van der Waals surface area contributed by atoms with Crippen LogP contribution in [-0.2, 0) is 7.05 Å². The Morgan fingerprint density at radius 3 is 2.83 bits per heavy atom. The second kappa shape index (κ2) is 5.73. The van der Waals surface area contributed by atoms with Crippen molar-refractivity contribution < 1.29 is 4.79 Å². The van der Waals surface area contributed by atoms with Crippen molar-refractivity contribution in [2.45, 2.75) is 6.92 Å². The number of aromatic nitrogens is 5. The van der Waals surface area contributed by atoms with Crippen LogP contribution in [0.4, 0.5) is 5.82 Å². The van der Waals surface area contributed by atoms with Gasteiger partial charge in [-0.2, -0.15) is 15.5 Å². The molecule has 114 valence electrons. The Labute approximate surface area is 132 Å². The van der Waals surface area contributed by atoms with E-state index in [9.17, 15) is 4.79 Å². The maximum absolute atomic E-state index is 12.5. The van der Waals surface area contributed by atoms with Gasteiger partial charge in [0.2, 0.25) is 0 Å². The van der Waals surface area contributed by atoms with E-state index in [2.05, 4.69) is 20.5 Å². The Bertz CT molecular complexity index is 902. The fourth-order valence-corrected chi connectivity index (χ4v) is 2.18. The third kappa shape index (κ3) is 2.55. The summed E-state index contributed by atoms with van der Waals surface area (Å²) in [6, 6.07) is 7.44. The predicted octanol–water partition coefficient (Wildman–Crippen LogP) is 1.43. The van der Waals surface area contributed by atoms with Crippen molar-refractivity contribution in [2.75, 3.05) is 5.32 Å². The van der Waals surface area contributed by atoms with Crippen LogP contribution in [0.5, 0.6) is 0 Å². The highest BCUT2D eigenvalue weighted by Crippen LogP contribution is 2.17. The van der Waals surface area contributed by atoms with E-state index < -0.39 is 0 Å². The first-order valence-electron chi connectivity index (χ1n) is 6.81. The van der Waals surface area contributed by atoms with Crippen molar-refractivity contribution in [1.82, 2.24) is 24.5 Å². The molecule has 0 saturated carbocycles. The highest BCUT2D eigenvalue weighted by molar-refractivity contribution is 6.05. The molecule has 1 N–H and O–H groups in total. The van der Waals surface area contributed by atoms with Gasteiger partial charge in [-0.15, -0.1) is 0 Å². The van der Waals surface area contributed by atoms with Gasteiger partial charge in [-0.1, -0.05) is 6.07 Å². The van der Waals surface area contributed by atoms with Crippen molar-refractivity contribution in [3.8, 4) is 11.9 Å². The Morgan fingerprint density at radius 2 is 2.13 bits per heavy atom. The largest absolute Gasteiger partial charge is 0.306 e. The second-order valence-corrected chi connectivity index (χ2v) is 4.84. The molecule has 8 nitrogen and oxygen atoms in total. The van der Waals surface area contributed by atoms with Gasteiger partial charge in [0.25, 0.3) is 5.91 Å². The zero-order valence-corrected chi connectivity index (χ0v) is 12.6. The van der Waals surface area contributed by atoms with E-state index in [1.807, 2.05) is 18.2 Å². The number of anilines is 1. The number of nitrogens with zero attached hydrogens (tertiary/aromatic N) is 6. The lowest BCUT2D eigenvalue weighted by Gasteiger charge is -2.06. The summed E-state index contributed by atoms with van der Waals surface area (Å²) in [6.07, 6.45) is 4.53. The van der Waals surface area contributed by atoms with E-state index in [-0.39, 0.29) is 5.91 Å². The smallest absolute Gasteiger partial charge is 0.260 e. The number of carbonyl (C=O) groups excluding carboxylic acids is 1. The standard InChI is InChI=1S/C15H13N7O/c1-10-12(9-19-22(10)13-5-3-4-6-17-13)15(23)20-14-11(7-16)8-18-21(14)2/h3-6,8-9H,1-2H3,(H,20,23). The van der Waals surface area contributed by atoms with Crippen LogP contribution < -0.4 is 5.32 Å². The summed E-state index contributed by atoms with van der Waals surface area (Å²) >= 11 is 0. The molecule has 3 aromatic rings. The zero-order chi connectivity index (χ0) is 16.4. The van der Waals surface area contributed by atoms with Gasteiger partial charge in [-0.3, -0.25) is 9.48 Å². The summed E-state index contributed by atoms with van der Waals surface area (Å²) in [5, 5.41) is 19.9. The van der Waals surface area contributed by atoms with Gasteiger partial charge in [0.15, 0.2) is 5.82 Å². The summed E-state index contributed by atoms with van der Waals surface area (Å²) in [5.74, 6) is 0.620. The number of hydrogen-bond donors (Lipinski definition) is 1. The number of nitrogens with one attached hydrogen (secondary N) is 1. The van der Waals surface area contributed by atoms with E-state index in [0.29, 0.717) is 28.5 Å². The molecule has 0 spiro atoms. The summed E-state index contributed by atoms with van der Waals surface area (Å²) in [6.45, 7) is 1.78. The lowest BCUT2D eigenvalue weighted by Crippen LogP contribution is -2.16. The van der Waals surface area contributed by atoms with Crippen molar-refractivity contribution >= 4 is 11.7 Å². The van der Waals surface area contributed by atoms with E-state index in [4.69, 9.17) is 5.26 Å². The Morgan fingerprint density at radius 1 is 1.30 bits per heavy atom. The molecule has 0 unspecified atom stereocenters. The Balaban J connectivity index is 1.91. The molecule has 0 radical (unpaired) electrons. The van der Waals surface area contributed by atoms with Gasteiger partial charge in [0, 0.05) is 13.2 Å². The first-order chi connectivity index (χ1) is 11.1. The van der Waals surface area contributed by atoms with Gasteiger partial charge in [0.05, 0.1) is 23.7 Å². The van der Waals surface area contributed by atoms with Crippen LogP contribution >= 0.6 is 0 Å². The minimum Gasteiger partial charge on any atom is -0.306 e. The first-order valence-corrected chi connectivity index (χ1v) is 6.81. The number of nitriles is 1. The average Bonchev–Trinajstić information content (AvgIpc) is 3.12. The third-order valence-electron chi connectivity index (χ3n) is 3.41. The molecule has 0 atom stereocenters. The summed E-state index contributed by atoms with van der Waals surface area (Å²) in [5.41, 5.74) is 1.36. The van der Waals surface area contributed by atoms with Crippen LogP contribution in [-0.4, -0.2) is 30.5 Å². The van der Waals surface area contributed by atoms with Gasteiger partial charge < -0.3 is 5.32 Å². The van der Waals surface area contributed by atoms with Crippen LogP contribution in [0.15, 0.2) is 36.8 Å². The van der Waals surface area contributed by atoms with Gasteiger partial charge >= 0.3 is 0 Å². The van der Waals surface area contributed by atoms with Gasteiger partial charge in [0.1, 0.15) is 17.5 Å². The number of pyridine rings is 1. The Kier molecular flexibility index (Phi) is 3.60. The van der Waals surface area contributed by atoms with Crippen molar-refractivity contribution in [3.05, 3.63) is 53.6 Å². The maximum Gasteiger partial charge on any atom is 0.260 e. The van der Waals surface area contributed by atoms with Crippen LogP contribution in [0, 0.1) is 18.3 Å². The lowest BCUT2D eigenvalue weighted by molar-refractivity contribution is 0.102. The molecule has 23 heavy (non-hydrogen) atoms. The average molecular weight is 307 g/mol.